The molecule has 4 fully saturated rings. The standard InChI is InChI=1S/C16H25NO4/c1-11-8-12-9-13(18)15(20)5-3-7-17(21)6-2-4-14(12,19)16(15,17)10-11/h11-12,19-20H,2-10H2,1H3/t11-,12-,14+,15+,16+,17?/m1/s1. The van der Waals surface area contributed by atoms with E-state index in [1.807, 2.05) is 0 Å². The molecule has 5 heteroatoms. The molecular weight excluding hydrogens is 270 g/mol. The summed E-state index contributed by atoms with van der Waals surface area (Å²) >= 11 is 0. The zero-order valence-electron chi connectivity index (χ0n) is 12.7. The van der Waals surface area contributed by atoms with Gasteiger partial charge < -0.3 is 20.1 Å². The van der Waals surface area contributed by atoms with Crippen LogP contribution < -0.4 is 0 Å². The molecule has 2 N–H and O–H groups in total. The van der Waals surface area contributed by atoms with Gasteiger partial charge in [-0.05, 0) is 31.6 Å². The van der Waals surface area contributed by atoms with E-state index in [0.717, 1.165) is 6.42 Å². The summed E-state index contributed by atoms with van der Waals surface area (Å²) < 4.78 is -0.549. The van der Waals surface area contributed by atoms with Crippen LogP contribution in [0.4, 0.5) is 0 Å². The maximum absolute atomic E-state index is 13.6. The highest BCUT2D eigenvalue weighted by Crippen LogP contribution is 2.65. The Morgan fingerprint density at radius 3 is 2.62 bits per heavy atom. The second-order valence-electron chi connectivity index (χ2n) is 8.06. The van der Waals surface area contributed by atoms with Crippen molar-refractivity contribution in [1.82, 2.24) is 0 Å². The first kappa shape index (κ1) is 14.1. The van der Waals surface area contributed by atoms with E-state index in [1.54, 1.807) is 0 Å². The fraction of sp³-hybridized carbons (Fsp3) is 0.938. The van der Waals surface area contributed by atoms with Crippen LogP contribution in [0.15, 0.2) is 0 Å². The minimum atomic E-state index is -1.62. The van der Waals surface area contributed by atoms with Crippen molar-refractivity contribution >= 4 is 5.78 Å². The molecule has 2 bridgehead atoms. The van der Waals surface area contributed by atoms with Gasteiger partial charge in [-0.3, -0.25) is 4.79 Å². The van der Waals surface area contributed by atoms with Gasteiger partial charge in [0.1, 0.15) is 5.60 Å². The minimum Gasteiger partial charge on any atom is -0.632 e. The van der Waals surface area contributed by atoms with Crippen molar-refractivity contribution in [2.24, 2.45) is 11.8 Å². The lowest BCUT2D eigenvalue weighted by Crippen LogP contribution is -2.91. The number of aliphatic hydroxyl groups is 2. The molecule has 0 radical (unpaired) electrons. The number of quaternary nitrogens is 1. The number of ketones is 1. The fourth-order valence-corrected chi connectivity index (χ4v) is 6.49. The second kappa shape index (κ2) is 3.88. The SMILES string of the molecule is C[C@@H]1C[C@@H]2CC(=O)[C@@]3(O)CCC[N+]4([O-])CCC[C@@]2(O)[C@@]34C1. The molecule has 2 saturated heterocycles. The van der Waals surface area contributed by atoms with Crippen molar-refractivity contribution in [1.29, 1.82) is 0 Å². The lowest BCUT2D eigenvalue weighted by Gasteiger charge is -2.76. The quantitative estimate of drug-likeness (QED) is 0.518. The normalized spacial score (nSPS) is 59.5. The van der Waals surface area contributed by atoms with E-state index in [4.69, 9.17) is 0 Å². The fourth-order valence-electron chi connectivity index (χ4n) is 6.49. The van der Waals surface area contributed by atoms with Crippen LogP contribution in [0.25, 0.3) is 0 Å². The highest BCUT2D eigenvalue weighted by molar-refractivity contribution is 5.91. The summed E-state index contributed by atoms with van der Waals surface area (Å²) in [6.07, 6.45) is 3.67. The molecule has 6 atom stereocenters. The Bertz CT molecular complexity index is 507. The highest BCUT2D eigenvalue weighted by atomic mass is 16.6. The number of hydroxylamine groups is 3. The zero-order chi connectivity index (χ0) is 15.1. The van der Waals surface area contributed by atoms with E-state index in [2.05, 4.69) is 6.92 Å². The molecule has 4 rings (SSSR count). The third-order valence-corrected chi connectivity index (χ3v) is 7.13. The summed E-state index contributed by atoms with van der Waals surface area (Å²) in [7, 11) is 0. The Kier molecular flexibility index (Phi) is 2.61. The first-order valence-corrected chi connectivity index (χ1v) is 8.35. The van der Waals surface area contributed by atoms with E-state index in [9.17, 15) is 20.2 Å². The number of hydrogen-bond donors (Lipinski definition) is 2. The van der Waals surface area contributed by atoms with Gasteiger partial charge >= 0.3 is 0 Å². The van der Waals surface area contributed by atoms with E-state index >= 15 is 0 Å². The predicted molar refractivity (Wildman–Crippen MR) is 76.0 cm³/mol. The Balaban J connectivity index is 2.00. The second-order valence-corrected chi connectivity index (χ2v) is 8.06. The molecular formula is C16H25NO4. The molecule has 0 aromatic rings. The summed E-state index contributed by atoms with van der Waals surface area (Å²) in [5, 5.41) is 36.4. The molecule has 2 saturated carbocycles. The Labute approximate surface area is 125 Å². The van der Waals surface area contributed by atoms with Gasteiger partial charge in [0.15, 0.2) is 16.9 Å². The van der Waals surface area contributed by atoms with Gasteiger partial charge in [-0.1, -0.05) is 6.92 Å². The zero-order valence-corrected chi connectivity index (χ0v) is 12.7. The van der Waals surface area contributed by atoms with Crippen LogP contribution >= 0.6 is 0 Å². The van der Waals surface area contributed by atoms with Gasteiger partial charge in [0.05, 0.1) is 13.1 Å². The third-order valence-electron chi connectivity index (χ3n) is 7.13. The van der Waals surface area contributed by atoms with E-state index < -0.39 is 21.4 Å². The monoisotopic (exact) mass is 295 g/mol. The Morgan fingerprint density at radius 2 is 1.90 bits per heavy atom. The smallest absolute Gasteiger partial charge is 0.181 e. The maximum atomic E-state index is 13.6. The average Bonchev–Trinajstić information content (AvgIpc) is 2.38. The summed E-state index contributed by atoms with van der Waals surface area (Å²) in [6, 6.07) is 0. The predicted octanol–water partition coefficient (Wildman–Crippen LogP) is 1.11. The van der Waals surface area contributed by atoms with Gasteiger partial charge in [-0.2, -0.15) is 0 Å². The molecule has 0 aromatic heterocycles. The van der Waals surface area contributed by atoms with Gasteiger partial charge in [-0.25, -0.2) is 0 Å². The summed E-state index contributed by atoms with van der Waals surface area (Å²) in [4.78, 5) is 12.7. The lowest BCUT2D eigenvalue weighted by molar-refractivity contribution is -0.964. The number of nitrogens with zero attached hydrogens (tertiary/aromatic N) is 1. The Morgan fingerprint density at radius 1 is 1.24 bits per heavy atom. The topological polar surface area (TPSA) is 80.6 Å². The van der Waals surface area contributed by atoms with E-state index in [0.29, 0.717) is 45.2 Å². The first-order valence-electron chi connectivity index (χ1n) is 8.35. The van der Waals surface area contributed by atoms with Gasteiger partial charge in [-0.15, -0.1) is 0 Å². The van der Waals surface area contributed by atoms with Gasteiger partial charge in [0, 0.05) is 25.2 Å². The van der Waals surface area contributed by atoms with Crippen LogP contribution in [0, 0.1) is 17.0 Å². The summed E-state index contributed by atoms with van der Waals surface area (Å²) in [5.41, 5.74) is -4.00. The van der Waals surface area contributed by atoms with Crippen LogP contribution in [-0.2, 0) is 4.79 Å². The van der Waals surface area contributed by atoms with Crippen molar-refractivity contribution in [2.75, 3.05) is 13.1 Å². The lowest BCUT2D eigenvalue weighted by atomic mass is 9.44. The van der Waals surface area contributed by atoms with Crippen molar-refractivity contribution in [3.63, 3.8) is 0 Å². The molecule has 2 heterocycles. The van der Waals surface area contributed by atoms with E-state index in [1.165, 1.54) is 0 Å². The van der Waals surface area contributed by atoms with Crippen LogP contribution in [-0.4, -0.2) is 50.5 Å². The van der Waals surface area contributed by atoms with Crippen molar-refractivity contribution in [3.05, 3.63) is 5.21 Å². The third kappa shape index (κ3) is 1.31. The van der Waals surface area contributed by atoms with Crippen molar-refractivity contribution in [3.8, 4) is 0 Å². The molecule has 118 valence electrons. The minimum absolute atomic E-state index is 0.154. The number of carbonyl (C=O) groups excluding carboxylic acids is 1. The van der Waals surface area contributed by atoms with Crippen molar-refractivity contribution in [2.45, 2.75) is 68.6 Å². The number of Topliss-reactive ketones (excluding diaryl/α,β-unsaturated/α-hetero) is 1. The highest BCUT2D eigenvalue weighted by Gasteiger charge is 2.81. The van der Waals surface area contributed by atoms with Crippen LogP contribution in [0.2, 0.25) is 0 Å². The molecule has 1 unspecified atom stereocenters. The number of hydrogen-bond acceptors (Lipinski definition) is 4. The van der Waals surface area contributed by atoms with Crippen molar-refractivity contribution < 1.29 is 19.7 Å². The van der Waals surface area contributed by atoms with E-state index in [-0.39, 0.29) is 24.0 Å². The number of piperidine rings is 2. The molecule has 21 heavy (non-hydrogen) atoms. The molecule has 2 aliphatic heterocycles. The van der Waals surface area contributed by atoms with Crippen LogP contribution in [0.1, 0.15) is 51.9 Å². The average molecular weight is 295 g/mol. The van der Waals surface area contributed by atoms with Gasteiger partial charge in [0.25, 0.3) is 0 Å². The molecule has 5 nitrogen and oxygen atoms in total. The molecule has 2 aliphatic carbocycles. The number of rotatable bonds is 0. The van der Waals surface area contributed by atoms with Gasteiger partial charge in [0.2, 0.25) is 0 Å². The Hall–Kier alpha value is -0.490. The first-order chi connectivity index (χ1) is 9.79. The molecule has 0 amide bonds. The maximum Gasteiger partial charge on any atom is 0.181 e. The summed E-state index contributed by atoms with van der Waals surface area (Å²) in [5.74, 6) is -0.0690. The molecule has 4 aliphatic rings. The van der Waals surface area contributed by atoms with Crippen LogP contribution in [0.3, 0.4) is 0 Å². The summed E-state index contributed by atoms with van der Waals surface area (Å²) in [6.45, 7) is 2.94. The largest absolute Gasteiger partial charge is 0.632 e. The molecule has 1 spiro atoms. The number of carbonyl (C=O) groups is 1. The van der Waals surface area contributed by atoms with Crippen LogP contribution in [0.5, 0.6) is 0 Å². The molecule has 0 aromatic carbocycles.